The van der Waals surface area contributed by atoms with E-state index in [0.717, 1.165) is 0 Å². The van der Waals surface area contributed by atoms with Crippen molar-refractivity contribution in [3.63, 3.8) is 0 Å². The van der Waals surface area contributed by atoms with E-state index in [-0.39, 0.29) is 0 Å². The van der Waals surface area contributed by atoms with Crippen molar-refractivity contribution in [2.45, 2.75) is 52.4 Å². The van der Waals surface area contributed by atoms with Gasteiger partial charge in [-0.25, -0.2) is 9.65 Å². The van der Waals surface area contributed by atoms with Gasteiger partial charge in [-0.05, 0) is 27.7 Å². The Morgan fingerprint density at radius 3 is 1.79 bits per heavy atom. The largest absolute Gasteiger partial charge is 0.481 e. The van der Waals surface area contributed by atoms with Crippen molar-refractivity contribution in [2.24, 2.45) is 0 Å². The molecule has 19 heavy (non-hydrogen) atoms. The summed E-state index contributed by atoms with van der Waals surface area (Å²) in [6.07, 6.45) is -1.69. The van der Waals surface area contributed by atoms with Crippen LogP contribution in [0.5, 0.6) is 0 Å². The lowest BCUT2D eigenvalue weighted by Crippen LogP contribution is -2.38. The minimum Gasteiger partial charge on any atom is -0.481 e. The average molecular weight is 297 g/mol. The number of carboxylic acid groups (broad SMARTS) is 2. The highest BCUT2D eigenvalue weighted by Gasteiger charge is 2.35. The summed E-state index contributed by atoms with van der Waals surface area (Å²) in [5.41, 5.74) is 0. The first-order chi connectivity index (χ1) is 8.55. The number of hydrogen-bond acceptors (Lipinski definition) is 5. The van der Waals surface area contributed by atoms with Crippen LogP contribution in [-0.4, -0.2) is 40.4 Å². The van der Waals surface area contributed by atoms with Crippen LogP contribution in [0.4, 0.5) is 0 Å². The Labute approximate surface area is 111 Å². The number of hydrogen-bond donors (Lipinski definition) is 3. The highest BCUT2D eigenvalue weighted by Crippen LogP contribution is 2.47. The Morgan fingerprint density at radius 2 is 1.53 bits per heavy atom. The zero-order valence-corrected chi connectivity index (χ0v) is 12.2. The van der Waals surface area contributed by atoms with E-state index < -0.39 is 44.4 Å². The quantitative estimate of drug-likeness (QED) is 0.547. The second-order valence-electron chi connectivity index (χ2n) is 4.42. The van der Waals surface area contributed by atoms with Gasteiger partial charge in [0.2, 0.25) is 0 Å². The van der Waals surface area contributed by atoms with E-state index in [9.17, 15) is 14.2 Å². The van der Waals surface area contributed by atoms with Gasteiger partial charge in [-0.1, -0.05) is 0 Å². The van der Waals surface area contributed by atoms with Crippen molar-refractivity contribution in [3.05, 3.63) is 0 Å². The molecule has 0 aliphatic carbocycles. The molecular weight excluding hydrogens is 277 g/mol. The molecule has 1 unspecified atom stereocenters. The molecule has 0 spiro atoms. The second kappa shape index (κ2) is 7.59. The normalized spacial score (nSPS) is 13.8. The van der Waals surface area contributed by atoms with Crippen LogP contribution in [0.1, 0.15) is 34.1 Å². The van der Waals surface area contributed by atoms with Gasteiger partial charge in [0.25, 0.3) is 0 Å². The molecule has 0 aliphatic heterocycles. The van der Waals surface area contributed by atoms with E-state index in [1.807, 2.05) is 0 Å². The third-order valence-corrected chi connectivity index (χ3v) is 3.72. The van der Waals surface area contributed by atoms with Crippen molar-refractivity contribution >= 4 is 19.7 Å². The molecule has 0 aromatic carbocycles. The van der Waals surface area contributed by atoms with Gasteiger partial charge in [-0.15, -0.1) is 0 Å². The van der Waals surface area contributed by atoms with Crippen LogP contribution in [0, 0.1) is 0 Å². The summed E-state index contributed by atoms with van der Waals surface area (Å²) < 4.78 is 22.5. The molecule has 0 amide bonds. The van der Waals surface area contributed by atoms with Gasteiger partial charge in [0.1, 0.15) is 6.04 Å². The number of aliphatic carboxylic acids is 2. The fraction of sp³-hybridized carbons (Fsp3) is 0.800. The lowest BCUT2D eigenvalue weighted by atomic mass is 10.2. The van der Waals surface area contributed by atoms with Gasteiger partial charge in [0.15, 0.2) is 0 Å². The number of nitrogens with one attached hydrogen (secondary N) is 1. The predicted molar refractivity (Wildman–Crippen MR) is 66.9 cm³/mol. The number of carbonyl (C=O) groups is 2. The standard InChI is InChI=1S/C10H20NO7P/c1-6(2)17-19(16,18-7(3)4)11-8(10(14)15)5-9(12)13/h6-8H,5H2,1-4H3,(H,11,16)(H,12,13)(H,14,15). The van der Waals surface area contributed by atoms with Crippen molar-refractivity contribution in [2.75, 3.05) is 0 Å². The summed E-state index contributed by atoms with van der Waals surface area (Å²) in [4.78, 5) is 21.5. The monoisotopic (exact) mass is 297 g/mol. The van der Waals surface area contributed by atoms with Gasteiger partial charge in [0.05, 0.1) is 18.6 Å². The van der Waals surface area contributed by atoms with Gasteiger partial charge < -0.3 is 10.2 Å². The maximum Gasteiger partial charge on any atom is 0.406 e. The van der Waals surface area contributed by atoms with Gasteiger partial charge in [0, 0.05) is 0 Å². The third kappa shape index (κ3) is 7.94. The number of rotatable bonds is 9. The zero-order chi connectivity index (χ0) is 15.2. The lowest BCUT2D eigenvalue weighted by molar-refractivity contribution is -0.145. The van der Waals surface area contributed by atoms with Crippen LogP contribution < -0.4 is 5.09 Å². The first-order valence-electron chi connectivity index (χ1n) is 5.75. The van der Waals surface area contributed by atoms with Gasteiger partial charge >= 0.3 is 19.7 Å². The molecule has 0 saturated heterocycles. The summed E-state index contributed by atoms with van der Waals surface area (Å²) >= 11 is 0. The summed E-state index contributed by atoms with van der Waals surface area (Å²) in [6.45, 7) is 6.41. The smallest absolute Gasteiger partial charge is 0.406 e. The van der Waals surface area contributed by atoms with Crippen molar-refractivity contribution in [3.8, 4) is 0 Å². The Morgan fingerprint density at radius 1 is 1.11 bits per heavy atom. The van der Waals surface area contributed by atoms with Crippen LogP contribution in [0.15, 0.2) is 0 Å². The molecule has 1 atom stereocenters. The maximum absolute atomic E-state index is 12.3. The predicted octanol–water partition coefficient (Wildman–Crippen LogP) is 1.46. The molecule has 0 aliphatic rings. The van der Waals surface area contributed by atoms with Crippen molar-refractivity contribution in [1.82, 2.24) is 5.09 Å². The Hall–Kier alpha value is -0.950. The minimum atomic E-state index is -3.89. The van der Waals surface area contributed by atoms with E-state index in [1.165, 1.54) is 0 Å². The Bertz CT molecular complexity index is 355. The molecule has 0 aromatic rings. The topological polar surface area (TPSA) is 122 Å². The zero-order valence-electron chi connectivity index (χ0n) is 11.3. The molecule has 0 aromatic heterocycles. The summed E-state index contributed by atoms with van der Waals surface area (Å²) in [7, 11) is -3.89. The molecule has 112 valence electrons. The molecule has 9 heteroatoms. The van der Waals surface area contributed by atoms with E-state index in [1.54, 1.807) is 27.7 Å². The summed E-state index contributed by atoms with van der Waals surface area (Å²) in [5, 5.41) is 19.7. The highest BCUT2D eigenvalue weighted by molar-refractivity contribution is 7.51. The molecule has 0 fully saturated rings. The van der Waals surface area contributed by atoms with Gasteiger partial charge in [-0.2, -0.15) is 0 Å². The molecule has 0 rings (SSSR count). The van der Waals surface area contributed by atoms with Crippen LogP contribution in [0.25, 0.3) is 0 Å². The maximum atomic E-state index is 12.3. The fourth-order valence-corrected chi connectivity index (χ4v) is 3.06. The van der Waals surface area contributed by atoms with Gasteiger partial charge in [-0.3, -0.25) is 18.6 Å². The van der Waals surface area contributed by atoms with Crippen LogP contribution >= 0.6 is 7.75 Å². The van der Waals surface area contributed by atoms with E-state index in [4.69, 9.17) is 19.3 Å². The Balaban J connectivity index is 4.99. The SMILES string of the molecule is CC(C)OP(=O)(NC(CC(=O)O)C(=O)O)OC(C)C. The van der Waals surface area contributed by atoms with Crippen LogP contribution in [0.2, 0.25) is 0 Å². The first-order valence-corrected chi connectivity index (χ1v) is 7.29. The first kappa shape index (κ1) is 18.0. The highest BCUT2D eigenvalue weighted by atomic mass is 31.2. The molecular formula is C10H20NO7P. The molecule has 0 saturated carbocycles. The lowest BCUT2D eigenvalue weighted by Gasteiger charge is -2.25. The van der Waals surface area contributed by atoms with E-state index >= 15 is 0 Å². The molecule has 0 heterocycles. The number of carboxylic acids is 2. The molecule has 8 nitrogen and oxygen atoms in total. The van der Waals surface area contributed by atoms with Crippen molar-refractivity contribution in [1.29, 1.82) is 0 Å². The minimum absolute atomic E-state index is 0.476. The van der Waals surface area contributed by atoms with Crippen LogP contribution in [0.3, 0.4) is 0 Å². The Kier molecular flexibility index (Phi) is 7.21. The third-order valence-electron chi connectivity index (χ3n) is 1.69. The molecule has 0 bridgehead atoms. The second-order valence-corrected chi connectivity index (χ2v) is 6.10. The van der Waals surface area contributed by atoms with E-state index in [2.05, 4.69) is 5.09 Å². The fourth-order valence-electron chi connectivity index (χ4n) is 1.19. The summed E-state index contributed by atoms with van der Waals surface area (Å²) in [5.74, 6) is -2.78. The van der Waals surface area contributed by atoms with Crippen molar-refractivity contribution < 1.29 is 33.4 Å². The molecule has 3 N–H and O–H groups in total. The van der Waals surface area contributed by atoms with Crippen LogP contribution in [-0.2, 0) is 23.2 Å². The summed E-state index contributed by atoms with van der Waals surface area (Å²) in [6, 6.07) is -1.55. The molecule has 0 radical (unpaired) electrons. The van der Waals surface area contributed by atoms with E-state index in [0.29, 0.717) is 0 Å². The average Bonchev–Trinajstić information content (AvgIpc) is 2.11.